The maximum absolute atomic E-state index is 6.09. The van der Waals surface area contributed by atoms with Crippen LogP contribution in [-0.4, -0.2) is 19.9 Å². The summed E-state index contributed by atoms with van der Waals surface area (Å²) in [5, 5.41) is 0. The number of benzene rings is 10. The Kier molecular flexibility index (Phi) is 13.6. The number of aromatic nitrogens is 4. The summed E-state index contributed by atoms with van der Waals surface area (Å²) < 4.78 is 0. The number of nitrogens with zero attached hydrogens (tertiary/aromatic N) is 5. The second kappa shape index (κ2) is 22.7. The molecule has 1 atom stereocenters. The zero-order valence-electron chi connectivity index (χ0n) is 47.0. The Morgan fingerprint density at radius 3 is 1.19 bits per heavy atom. The summed E-state index contributed by atoms with van der Waals surface area (Å²) in [6.45, 7) is 0. The van der Waals surface area contributed by atoms with Gasteiger partial charge >= 0.3 is 0 Å². The first-order valence-corrected chi connectivity index (χ1v) is 29.2. The molecule has 0 fully saturated rings. The van der Waals surface area contributed by atoms with Crippen molar-refractivity contribution in [3.05, 3.63) is 345 Å². The molecule has 0 radical (unpaired) electrons. The lowest BCUT2D eigenvalue weighted by atomic mass is 9.79. The minimum absolute atomic E-state index is 0.248. The van der Waals surface area contributed by atoms with Crippen LogP contribution < -0.4 is 4.90 Å². The van der Waals surface area contributed by atoms with Gasteiger partial charge in [-0.25, -0.2) is 15.0 Å². The third-order valence-corrected chi connectivity index (χ3v) is 16.4. The van der Waals surface area contributed by atoms with Crippen LogP contribution in [0.1, 0.15) is 22.6 Å². The van der Waals surface area contributed by atoms with Crippen molar-refractivity contribution in [1.82, 2.24) is 19.9 Å². The van der Waals surface area contributed by atoms with Gasteiger partial charge in [0.2, 0.25) is 0 Å². The number of fused-ring (bicyclic) bond motifs is 3. The summed E-state index contributed by atoms with van der Waals surface area (Å²) in [6.07, 6.45) is 3.81. The number of hydrogen-bond acceptors (Lipinski definition) is 5. The van der Waals surface area contributed by atoms with E-state index in [1.807, 2.05) is 18.5 Å². The molecule has 0 saturated carbocycles. The SMILES string of the molecule is c1ccc(-c2cc(-c3cc(-c4ccccc4-c4cccnc4)c(C4c5ccccc5-c5cc(-c6ccc(N(c7ccccc7)c7ccccc7)cc6)ccc54)c(-c4cc(-c5ccccc5)nc(-c5ccccc5)c4)n3)cc(-c3ccccc3)n2)cc1. The van der Waals surface area contributed by atoms with Crippen LogP contribution in [0.5, 0.6) is 0 Å². The Morgan fingerprint density at radius 1 is 0.244 bits per heavy atom. The molecule has 0 bridgehead atoms. The molecule has 0 aliphatic heterocycles. The maximum Gasteiger partial charge on any atom is 0.0758 e. The number of para-hydroxylation sites is 2. The Hall–Kier alpha value is -11.4. The van der Waals surface area contributed by atoms with E-state index >= 15 is 0 Å². The average molecular weight is 1100 g/mol. The summed E-state index contributed by atoms with van der Waals surface area (Å²) in [7, 11) is 0. The third kappa shape index (κ3) is 9.93. The Bertz CT molecular complexity index is 4560. The topological polar surface area (TPSA) is 54.8 Å². The first-order valence-electron chi connectivity index (χ1n) is 29.2. The van der Waals surface area contributed by atoms with Crippen molar-refractivity contribution < 1.29 is 0 Å². The van der Waals surface area contributed by atoms with Gasteiger partial charge in [-0.3, -0.25) is 4.98 Å². The summed E-state index contributed by atoms with van der Waals surface area (Å²) in [5.74, 6) is -0.248. The van der Waals surface area contributed by atoms with Gasteiger partial charge in [-0.05, 0) is 134 Å². The number of pyridine rings is 4. The highest BCUT2D eigenvalue weighted by Crippen LogP contribution is 2.55. The van der Waals surface area contributed by atoms with Gasteiger partial charge in [0.05, 0.1) is 34.2 Å². The van der Waals surface area contributed by atoms with E-state index in [0.717, 1.165) is 124 Å². The number of hydrogen-bond donors (Lipinski definition) is 0. The molecule has 0 saturated heterocycles. The summed E-state index contributed by atoms with van der Waals surface area (Å²) in [5.41, 5.74) is 26.8. The molecule has 5 nitrogen and oxygen atoms in total. The number of rotatable bonds is 13. The zero-order valence-corrected chi connectivity index (χ0v) is 47.0. The molecule has 5 heteroatoms. The van der Waals surface area contributed by atoms with Crippen molar-refractivity contribution >= 4 is 17.1 Å². The van der Waals surface area contributed by atoms with E-state index in [0.29, 0.717) is 0 Å². The molecule has 10 aromatic carbocycles. The maximum atomic E-state index is 6.09. The van der Waals surface area contributed by atoms with E-state index in [1.165, 1.54) is 22.3 Å². The van der Waals surface area contributed by atoms with Gasteiger partial charge in [0.15, 0.2) is 0 Å². The summed E-state index contributed by atoms with van der Waals surface area (Å²) >= 11 is 0. The van der Waals surface area contributed by atoms with Crippen molar-refractivity contribution in [1.29, 1.82) is 0 Å². The summed E-state index contributed by atoms with van der Waals surface area (Å²) in [4.78, 5) is 23.9. The molecule has 4 heterocycles. The smallest absolute Gasteiger partial charge is 0.0758 e. The Balaban J connectivity index is 0.997. The van der Waals surface area contributed by atoms with Crippen LogP contribution in [0.25, 0.3) is 112 Å². The molecule has 0 amide bonds. The highest BCUT2D eigenvalue weighted by Gasteiger charge is 2.36. The highest BCUT2D eigenvalue weighted by atomic mass is 15.1. The molecular weight excluding hydrogens is 1040 g/mol. The molecule has 86 heavy (non-hydrogen) atoms. The molecule has 1 aliphatic rings. The van der Waals surface area contributed by atoms with Crippen molar-refractivity contribution in [3.8, 4) is 112 Å². The predicted octanol–water partition coefficient (Wildman–Crippen LogP) is 20.9. The van der Waals surface area contributed by atoms with Gasteiger partial charge in [-0.15, -0.1) is 0 Å². The van der Waals surface area contributed by atoms with Gasteiger partial charge in [0, 0.05) is 74.3 Å². The van der Waals surface area contributed by atoms with E-state index in [1.54, 1.807) is 0 Å². The molecule has 1 unspecified atom stereocenters. The molecular formula is C81H55N5. The highest BCUT2D eigenvalue weighted by molar-refractivity contribution is 5.95. The lowest BCUT2D eigenvalue weighted by Gasteiger charge is -2.26. The van der Waals surface area contributed by atoms with Crippen LogP contribution in [0, 0.1) is 0 Å². The first kappa shape index (κ1) is 51.5. The lowest BCUT2D eigenvalue weighted by Crippen LogP contribution is -2.09. The van der Waals surface area contributed by atoms with Crippen LogP contribution in [0.4, 0.5) is 17.1 Å². The third-order valence-electron chi connectivity index (χ3n) is 16.4. The van der Waals surface area contributed by atoms with Crippen molar-refractivity contribution in [2.75, 3.05) is 4.90 Å². The van der Waals surface area contributed by atoms with E-state index in [2.05, 4.69) is 319 Å². The van der Waals surface area contributed by atoms with Crippen molar-refractivity contribution in [3.63, 3.8) is 0 Å². The minimum Gasteiger partial charge on any atom is -0.311 e. The van der Waals surface area contributed by atoms with Gasteiger partial charge in [-0.2, -0.15) is 0 Å². The van der Waals surface area contributed by atoms with Crippen LogP contribution >= 0.6 is 0 Å². The molecule has 4 aromatic heterocycles. The fourth-order valence-electron chi connectivity index (χ4n) is 12.4. The van der Waals surface area contributed by atoms with Crippen LogP contribution in [0.15, 0.2) is 328 Å². The van der Waals surface area contributed by atoms with Gasteiger partial charge < -0.3 is 4.90 Å². The number of anilines is 3. The van der Waals surface area contributed by atoms with Crippen molar-refractivity contribution in [2.24, 2.45) is 0 Å². The molecule has 1 aliphatic carbocycles. The van der Waals surface area contributed by atoms with Crippen LogP contribution in [0.3, 0.4) is 0 Å². The standard InChI is InChI=1S/C81H55N5/c1-7-24-56(25-8-1)74-49-62(50-75(83-74)57-26-9-2-10-27-57)78-53-73(68-38-20-19-37-67(68)61-32-23-47-82-54-61)80(81(85-78)63-51-76(58-28-11-3-12-29-58)84-77(52-63)59-30-13-4-14-31-59)79-70-40-22-21-39-69(70)72-48-60(43-46-71(72)79)55-41-44-66(45-42-55)86(64-33-15-5-16-34-64)65-35-17-6-18-36-65/h1-54,79H. The van der Waals surface area contributed by atoms with Gasteiger partial charge in [0.1, 0.15) is 0 Å². The molecule has 404 valence electrons. The van der Waals surface area contributed by atoms with E-state index < -0.39 is 0 Å². The average Bonchev–Trinajstić information content (AvgIpc) is 2.32. The normalized spacial score (nSPS) is 12.3. The van der Waals surface area contributed by atoms with E-state index in [4.69, 9.17) is 15.0 Å². The Morgan fingerprint density at radius 2 is 0.663 bits per heavy atom. The molecule has 15 rings (SSSR count). The van der Waals surface area contributed by atoms with Crippen molar-refractivity contribution in [2.45, 2.75) is 5.92 Å². The fourth-order valence-corrected chi connectivity index (χ4v) is 12.4. The predicted molar refractivity (Wildman–Crippen MR) is 354 cm³/mol. The lowest BCUT2D eigenvalue weighted by molar-refractivity contribution is 1.00. The van der Waals surface area contributed by atoms with Gasteiger partial charge in [-0.1, -0.05) is 237 Å². The second-order valence-electron chi connectivity index (χ2n) is 21.7. The Labute approximate surface area is 501 Å². The largest absolute Gasteiger partial charge is 0.311 e. The first-order chi connectivity index (χ1) is 42.6. The molecule has 0 spiro atoms. The summed E-state index contributed by atoms with van der Waals surface area (Å²) in [6, 6.07) is 112. The van der Waals surface area contributed by atoms with Gasteiger partial charge in [0.25, 0.3) is 0 Å². The fraction of sp³-hybridized carbons (Fsp3) is 0.0123. The van der Waals surface area contributed by atoms with E-state index in [9.17, 15) is 0 Å². The van der Waals surface area contributed by atoms with Crippen LogP contribution in [-0.2, 0) is 0 Å². The van der Waals surface area contributed by atoms with Crippen LogP contribution in [0.2, 0.25) is 0 Å². The second-order valence-corrected chi connectivity index (χ2v) is 21.7. The minimum atomic E-state index is -0.248. The van der Waals surface area contributed by atoms with E-state index in [-0.39, 0.29) is 5.92 Å². The molecule has 0 N–H and O–H groups in total. The quantitative estimate of drug-likeness (QED) is 0.115. The molecule has 14 aromatic rings. The zero-order chi connectivity index (χ0) is 57.2. The monoisotopic (exact) mass is 1100 g/mol.